The molecule has 0 fully saturated rings. The minimum atomic E-state index is -0.546. The Labute approximate surface area is 337 Å². The number of ketones is 1. The lowest BCUT2D eigenvalue weighted by atomic mass is 9.99. The Bertz CT molecular complexity index is 2160. The van der Waals surface area contributed by atoms with Crippen molar-refractivity contribution >= 4 is 23.3 Å². The fourth-order valence-corrected chi connectivity index (χ4v) is 6.95. The summed E-state index contributed by atoms with van der Waals surface area (Å²) in [6.45, 7) is 13.2. The van der Waals surface area contributed by atoms with E-state index in [-0.39, 0.29) is 17.8 Å². The van der Waals surface area contributed by atoms with Gasteiger partial charge < -0.3 is 9.47 Å². The number of carbonyl (C=O) groups is 3. The number of ether oxygens (including phenoxy) is 2. The normalized spacial score (nSPS) is 13.4. The van der Waals surface area contributed by atoms with Gasteiger partial charge in [-0.1, -0.05) is 115 Å². The fourth-order valence-electron chi connectivity index (χ4n) is 6.95. The first-order chi connectivity index (χ1) is 27.6. The van der Waals surface area contributed by atoms with Crippen molar-refractivity contribution in [1.82, 2.24) is 9.97 Å². The Morgan fingerprint density at radius 2 is 1.16 bits per heavy atom. The zero-order chi connectivity index (χ0) is 41.3. The van der Waals surface area contributed by atoms with Crippen LogP contribution in [0.25, 0.3) is 27.8 Å². The molecule has 2 unspecified atom stereocenters. The summed E-state index contributed by atoms with van der Waals surface area (Å²) in [5.74, 6) is -0.0647. The van der Waals surface area contributed by atoms with Crippen LogP contribution in [0.4, 0.5) is 0 Å². The van der Waals surface area contributed by atoms with E-state index in [2.05, 4.69) is 43.7 Å². The minimum absolute atomic E-state index is 0.0576. The van der Waals surface area contributed by atoms with Crippen LogP contribution in [0.15, 0.2) is 78.6 Å². The van der Waals surface area contributed by atoms with Gasteiger partial charge in [-0.05, 0) is 78.5 Å². The molecule has 0 bridgehead atoms. The molecule has 6 rings (SSSR count). The smallest absolute Gasteiger partial charge is 0.349 e. The molecular formula is C48H54N4O5. The van der Waals surface area contributed by atoms with Crippen molar-refractivity contribution in [3.8, 4) is 34.4 Å². The highest BCUT2D eigenvalue weighted by Crippen LogP contribution is 2.45. The Morgan fingerprint density at radius 3 is 1.68 bits per heavy atom. The summed E-state index contributed by atoms with van der Waals surface area (Å²) in [4.78, 5) is 44.2. The Kier molecular flexibility index (Phi) is 16.9. The molecular weight excluding hydrogens is 713 g/mol. The van der Waals surface area contributed by atoms with Gasteiger partial charge in [0.2, 0.25) is 0 Å². The maximum Gasteiger partial charge on any atom is 0.349 e. The van der Waals surface area contributed by atoms with Crippen LogP contribution in [0.5, 0.6) is 0 Å². The predicted octanol–water partition coefficient (Wildman–Crippen LogP) is 10.7. The van der Waals surface area contributed by atoms with E-state index < -0.39 is 11.9 Å². The fraction of sp³-hybridized carbons (Fsp3) is 0.396. The summed E-state index contributed by atoms with van der Waals surface area (Å²) in [6, 6.07) is 23.4. The molecule has 0 amide bonds. The summed E-state index contributed by atoms with van der Waals surface area (Å²) in [7, 11) is 0. The molecule has 2 aliphatic rings. The van der Waals surface area contributed by atoms with Crippen LogP contribution in [0.3, 0.4) is 0 Å². The first-order valence-corrected chi connectivity index (χ1v) is 20.1. The van der Waals surface area contributed by atoms with Crippen LogP contribution < -0.4 is 0 Å². The number of hydrogen-bond donors (Lipinski definition) is 0. The Hall–Kier alpha value is -5.93. The number of benzene rings is 2. The molecule has 2 aromatic carbocycles. The lowest BCUT2D eigenvalue weighted by Gasteiger charge is -2.15. The summed E-state index contributed by atoms with van der Waals surface area (Å²) in [6.07, 6.45) is 12.0. The first-order valence-electron chi connectivity index (χ1n) is 20.1. The molecule has 9 heteroatoms. The van der Waals surface area contributed by atoms with Crippen molar-refractivity contribution in [3.05, 3.63) is 112 Å². The first kappa shape index (κ1) is 43.8. The monoisotopic (exact) mass is 766 g/mol. The number of aryl methyl sites for hydroxylation is 2. The summed E-state index contributed by atoms with van der Waals surface area (Å²) in [5, 5.41) is 18.0. The summed E-state index contributed by atoms with van der Waals surface area (Å²) in [5.41, 5.74) is 9.83. The lowest BCUT2D eigenvalue weighted by Crippen LogP contribution is -2.16. The van der Waals surface area contributed by atoms with Crippen LogP contribution in [0.1, 0.15) is 124 Å². The molecule has 0 N–H and O–H groups in total. The maximum atomic E-state index is 12.8. The molecule has 0 spiro atoms. The van der Waals surface area contributed by atoms with E-state index >= 15 is 0 Å². The van der Waals surface area contributed by atoms with Crippen molar-refractivity contribution in [2.45, 2.75) is 99.3 Å². The lowest BCUT2D eigenvalue weighted by molar-refractivity contribution is -0.144. The van der Waals surface area contributed by atoms with Crippen molar-refractivity contribution in [2.24, 2.45) is 11.8 Å². The molecule has 0 saturated carbocycles. The average Bonchev–Trinajstić information content (AvgIpc) is 3.69. The number of aromatic nitrogens is 2. The second-order valence-corrected chi connectivity index (χ2v) is 14.5. The van der Waals surface area contributed by atoms with E-state index in [0.717, 1.165) is 94.4 Å². The molecule has 57 heavy (non-hydrogen) atoms. The predicted molar refractivity (Wildman–Crippen MR) is 223 cm³/mol. The molecule has 2 heterocycles. The van der Waals surface area contributed by atoms with Crippen LogP contribution in [0.2, 0.25) is 0 Å². The van der Waals surface area contributed by atoms with Crippen LogP contribution in [-0.2, 0) is 19.1 Å². The highest BCUT2D eigenvalue weighted by Gasteiger charge is 2.30. The van der Waals surface area contributed by atoms with Crippen molar-refractivity contribution in [2.75, 3.05) is 13.2 Å². The van der Waals surface area contributed by atoms with Gasteiger partial charge in [0.05, 0.1) is 19.3 Å². The largest absolute Gasteiger partial charge is 0.465 e. The van der Waals surface area contributed by atoms with E-state index in [9.17, 15) is 19.6 Å². The van der Waals surface area contributed by atoms with Gasteiger partial charge in [0.15, 0.2) is 5.78 Å². The number of rotatable bonds is 14. The van der Waals surface area contributed by atoms with Crippen LogP contribution in [0, 0.1) is 48.3 Å². The number of fused-ring (bicyclic) bond motifs is 6. The molecule has 2 aromatic heterocycles. The minimum Gasteiger partial charge on any atom is -0.465 e. The van der Waals surface area contributed by atoms with Crippen LogP contribution in [-0.4, -0.2) is 40.9 Å². The zero-order valence-electron chi connectivity index (χ0n) is 34.2. The highest BCUT2D eigenvalue weighted by atomic mass is 16.5. The van der Waals surface area contributed by atoms with Crippen molar-refractivity contribution in [3.63, 3.8) is 0 Å². The molecule has 4 aromatic rings. The topological polar surface area (TPSA) is 143 Å². The quantitative estimate of drug-likeness (QED) is 0.0601. The second-order valence-electron chi connectivity index (χ2n) is 14.5. The number of hydrogen-bond acceptors (Lipinski definition) is 9. The van der Waals surface area contributed by atoms with E-state index in [1.54, 1.807) is 18.5 Å². The van der Waals surface area contributed by atoms with Gasteiger partial charge in [0.25, 0.3) is 0 Å². The summed E-state index contributed by atoms with van der Waals surface area (Å²) >= 11 is 0. The second kappa shape index (κ2) is 22.0. The zero-order valence-corrected chi connectivity index (χ0v) is 34.2. The standard InChI is InChI=1S/C24H26N2O2.C13H9NO.C11H19NO2/c1-4-6-9-17(5-2)15-28-24(27)21(13-25)23-19-11-8-7-10-18(19)20-12-16(3)26-14-22(20)23;1-8-6-11-9-4-2-3-5-10(9)13(15)12(11)7-14-8;1-3-5-6-10(4-2)9-14-11(13)7-8-12/h7-8,10-12,14,17H,4-6,9,15H2,1-3H3;2-7H,1H3;10H,3-7,9H2,1-2H3/b23-21-;;. The molecule has 296 valence electrons. The van der Waals surface area contributed by atoms with Crippen LogP contribution >= 0.6 is 0 Å². The van der Waals surface area contributed by atoms with E-state index in [4.69, 9.17) is 14.7 Å². The number of carbonyl (C=O) groups excluding carboxylic acids is 3. The molecule has 9 nitrogen and oxygen atoms in total. The van der Waals surface area contributed by atoms with E-state index in [1.165, 1.54) is 12.8 Å². The SMILES string of the molecule is CCCCC(CC)COC(=O)/C(C#N)=C1/c2ccccc2-c2cc(C)ncc21.CCCCC(CC)COC(=O)CC#N.Cc1cc2c(cn1)C(=O)c1ccccc1-2. The number of pyridine rings is 2. The Morgan fingerprint density at radius 1 is 0.667 bits per heavy atom. The number of esters is 2. The molecule has 0 saturated heterocycles. The molecule has 2 atom stereocenters. The third-order valence-electron chi connectivity index (χ3n) is 10.3. The van der Waals surface area contributed by atoms with Gasteiger partial charge in [-0.15, -0.1) is 0 Å². The molecule has 0 radical (unpaired) electrons. The van der Waals surface area contributed by atoms with Gasteiger partial charge in [-0.2, -0.15) is 10.5 Å². The van der Waals surface area contributed by atoms with Gasteiger partial charge >= 0.3 is 11.9 Å². The molecule has 0 aliphatic heterocycles. The van der Waals surface area contributed by atoms with Gasteiger partial charge in [-0.25, -0.2) is 4.79 Å². The van der Waals surface area contributed by atoms with Gasteiger partial charge in [0.1, 0.15) is 18.1 Å². The third kappa shape index (κ3) is 11.3. The van der Waals surface area contributed by atoms with Gasteiger partial charge in [-0.3, -0.25) is 19.6 Å². The van der Waals surface area contributed by atoms with E-state index in [1.807, 2.05) is 74.5 Å². The van der Waals surface area contributed by atoms with Gasteiger partial charge in [0, 0.05) is 46.0 Å². The maximum absolute atomic E-state index is 12.8. The highest BCUT2D eigenvalue weighted by molar-refractivity contribution is 6.21. The van der Waals surface area contributed by atoms with Crippen molar-refractivity contribution in [1.29, 1.82) is 10.5 Å². The molecule has 2 aliphatic carbocycles. The van der Waals surface area contributed by atoms with Crippen molar-refractivity contribution < 1.29 is 23.9 Å². The number of nitriles is 2. The summed E-state index contributed by atoms with van der Waals surface area (Å²) < 4.78 is 10.5. The van der Waals surface area contributed by atoms with E-state index in [0.29, 0.717) is 30.6 Å². The Balaban J connectivity index is 0.000000209. The third-order valence-corrected chi connectivity index (χ3v) is 10.3. The number of unbranched alkanes of at least 4 members (excludes halogenated alkanes) is 2. The number of nitrogens with zero attached hydrogens (tertiary/aromatic N) is 4. The average molecular weight is 767 g/mol.